The molecular weight excluding hydrogens is 348 g/mol. The molecule has 4 aliphatic carbocycles. The normalized spacial score (nSPS) is 51.7. The molecule has 4 fully saturated rings. The van der Waals surface area contributed by atoms with Crippen molar-refractivity contribution in [2.75, 3.05) is 0 Å². The molecule has 0 heterocycles. The van der Waals surface area contributed by atoms with Crippen molar-refractivity contribution in [1.29, 1.82) is 0 Å². The first-order valence-corrected chi connectivity index (χ1v) is 12.1. The average molecular weight is 391 g/mol. The van der Waals surface area contributed by atoms with Gasteiger partial charge in [-0.3, -0.25) is 4.79 Å². The van der Waals surface area contributed by atoms with Gasteiger partial charge in [0.15, 0.2) is 0 Å². The predicted octanol–water partition coefficient (Wildman–Crippen LogP) is 5.75. The zero-order chi connectivity index (χ0) is 20.3. The van der Waals surface area contributed by atoms with Crippen LogP contribution < -0.4 is 0 Å². The minimum absolute atomic E-state index is 0.196. The highest BCUT2D eigenvalue weighted by Crippen LogP contribution is 2.69. The van der Waals surface area contributed by atoms with Gasteiger partial charge in [-0.25, -0.2) is 0 Å². The van der Waals surface area contributed by atoms with Crippen LogP contribution in [0.4, 0.5) is 0 Å². The van der Waals surface area contributed by atoms with E-state index in [4.69, 9.17) is 0 Å². The minimum Gasteiger partial charge on any atom is -0.481 e. The summed E-state index contributed by atoms with van der Waals surface area (Å²) in [6.45, 7) is 9.72. The van der Waals surface area contributed by atoms with E-state index in [1.54, 1.807) is 0 Å². The summed E-state index contributed by atoms with van der Waals surface area (Å²) >= 11 is 0. The number of aliphatic hydroxyl groups excluding tert-OH is 1. The summed E-state index contributed by atoms with van der Waals surface area (Å²) in [5.74, 6) is 2.64. The molecule has 0 saturated heterocycles. The summed E-state index contributed by atoms with van der Waals surface area (Å²) in [5.41, 5.74) is 0.575. The molecule has 3 heteroatoms. The number of aliphatic carboxylic acids is 1. The Bertz CT molecular complexity index is 603. The lowest BCUT2D eigenvalue weighted by atomic mass is 9.42. The Morgan fingerprint density at radius 3 is 2.39 bits per heavy atom. The van der Waals surface area contributed by atoms with E-state index in [0.29, 0.717) is 29.1 Å². The number of carboxylic acid groups (broad SMARTS) is 1. The van der Waals surface area contributed by atoms with Crippen molar-refractivity contribution in [1.82, 2.24) is 0 Å². The van der Waals surface area contributed by atoms with Crippen molar-refractivity contribution < 1.29 is 15.0 Å². The van der Waals surface area contributed by atoms with Crippen LogP contribution in [-0.4, -0.2) is 22.3 Å². The van der Waals surface area contributed by atoms with Crippen molar-refractivity contribution in [3.05, 3.63) is 0 Å². The molecule has 0 spiro atoms. The lowest BCUT2D eigenvalue weighted by Gasteiger charge is -2.62. The number of carbonyl (C=O) groups is 1. The molecule has 4 aliphatic rings. The zero-order valence-corrected chi connectivity index (χ0v) is 18.5. The van der Waals surface area contributed by atoms with Crippen molar-refractivity contribution in [3.8, 4) is 0 Å². The van der Waals surface area contributed by atoms with Crippen LogP contribution in [0.25, 0.3) is 0 Å². The van der Waals surface area contributed by atoms with E-state index in [1.165, 1.54) is 38.5 Å². The second kappa shape index (κ2) is 7.29. The van der Waals surface area contributed by atoms with Gasteiger partial charge in [-0.1, -0.05) is 40.5 Å². The van der Waals surface area contributed by atoms with Crippen LogP contribution in [0.2, 0.25) is 0 Å². The Morgan fingerprint density at radius 1 is 1.04 bits per heavy atom. The van der Waals surface area contributed by atoms with Gasteiger partial charge < -0.3 is 10.2 Å². The Labute approximate surface area is 171 Å². The first-order chi connectivity index (χ1) is 13.2. The summed E-state index contributed by atoms with van der Waals surface area (Å²) in [6.07, 6.45) is 11.0. The molecule has 0 amide bonds. The number of hydrogen-bond donors (Lipinski definition) is 2. The largest absolute Gasteiger partial charge is 0.481 e. The number of carboxylic acids is 1. The van der Waals surface area contributed by atoms with Gasteiger partial charge in [0.1, 0.15) is 0 Å². The van der Waals surface area contributed by atoms with Crippen molar-refractivity contribution in [2.45, 2.75) is 98.0 Å². The molecule has 3 nitrogen and oxygen atoms in total. The molecule has 0 radical (unpaired) electrons. The van der Waals surface area contributed by atoms with Crippen LogP contribution in [-0.2, 0) is 4.79 Å². The molecule has 0 aromatic heterocycles. The Morgan fingerprint density at radius 2 is 1.71 bits per heavy atom. The van der Waals surface area contributed by atoms with Gasteiger partial charge in [-0.05, 0) is 97.7 Å². The molecule has 0 aromatic carbocycles. The first kappa shape index (κ1) is 20.7. The highest BCUT2D eigenvalue weighted by Gasteiger charge is 2.63. The second-order valence-corrected chi connectivity index (χ2v) is 11.6. The Kier molecular flexibility index (Phi) is 5.39. The molecule has 4 rings (SSSR count). The Balaban J connectivity index is 1.67. The van der Waals surface area contributed by atoms with E-state index in [2.05, 4.69) is 27.7 Å². The molecular formula is C25H42O3. The fourth-order valence-corrected chi connectivity index (χ4v) is 9.14. The lowest BCUT2D eigenvalue weighted by molar-refractivity contribution is -0.177. The van der Waals surface area contributed by atoms with E-state index in [0.717, 1.165) is 37.5 Å². The topological polar surface area (TPSA) is 57.5 Å². The molecule has 0 aromatic rings. The monoisotopic (exact) mass is 390 g/mol. The molecule has 10 atom stereocenters. The summed E-state index contributed by atoms with van der Waals surface area (Å²) in [4.78, 5) is 12.4. The van der Waals surface area contributed by atoms with Crippen LogP contribution in [0.3, 0.4) is 0 Å². The number of hydrogen-bond acceptors (Lipinski definition) is 2. The smallest absolute Gasteiger partial charge is 0.306 e. The van der Waals surface area contributed by atoms with Crippen LogP contribution in [0.5, 0.6) is 0 Å². The molecule has 0 bridgehead atoms. The maximum Gasteiger partial charge on any atom is 0.306 e. The van der Waals surface area contributed by atoms with Gasteiger partial charge in [0.25, 0.3) is 0 Å². The minimum atomic E-state index is -0.564. The van der Waals surface area contributed by atoms with Crippen LogP contribution >= 0.6 is 0 Å². The third-order valence-corrected chi connectivity index (χ3v) is 10.5. The van der Waals surface area contributed by atoms with E-state index in [9.17, 15) is 15.0 Å². The van der Waals surface area contributed by atoms with Gasteiger partial charge in [0.2, 0.25) is 0 Å². The van der Waals surface area contributed by atoms with E-state index < -0.39 is 5.97 Å². The standard InChI is InChI=1S/C25H42O3/c1-5-6-15(2)19-7-8-20-22-18(23(27)28)14-16-13-17(26)9-11-24(16,3)21(22)10-12-25(19,20)4/h15-22,26H,5-14H2,1-4H3,(H,27,28)/t15-,16?,17-,18?,19-,20+,21+,22+,24+,25-/m1/s1. The second-order valence-electron chi connectivity index (χ2n) is 11.6. The summed E-state index contributed by atoms with van der Waals surface area (Å²) in [7, 11) is 0. The summed E-state index contributed by atoms with van der Waals surface area (Å²) in [6, 6.07) is 0. The number of rotatable bonds is 4. The third-order valence-electron chi connectivity index (χ3n) is 10.5. The van der Waals surface area contributed by atoms with Crippen molar-refractivity contribution in [3.63, 3.8) is 0 Å². The van der Waals surface area contributed by atoms with E-state index >= 15 is 0 Å². The average Bonchev–Trinajstić information content (AvgIpc) is 2.99. The Hall–Kier alpha value is -0.570. The van der Waals surface area contributed by atoms with Crippen LogP contribution in [0.15, 0.2) is 0 Å². The van der Waals surface area contributed by atoms with Crippen molar-refractivity contribution in [2.24, 2.45) is 52.3 Å². The number of aliphatic hydroxyl groups is 1. The molecule has 0 aliphatic heterocycles. The fraction of sp³-hybridized carbons (Fsp3) is 0.960. The van der Waals surface area contributed by atoms with Crippen molar-refractivity contribution >= 4 is 5.97 Å². The molecule has 2 N–H and O–H groups in total. The highest BCUT2D eigenvalue weighted by molar-refractivity contribution is 5.71. The van der Waals surface area contributed by atoms with Gasteiger partial charge in [-0.15, -0.1) is 0 Å². The fourth-order valence-electron chi connectivity index (χ4n) is 9.14. The van der Waals surface area contributed by atoms with Crippen LogP contribution in [0.1, 0.15) is 91.9 Å². The van der Waals surface area contributed by atoms with Gasteiger partial charge in [0, 0.05) is 0 Å². The summed E-state index contributed by atoms with van der Waals surface area (Å²) in [5, 5.41) is 20.5. The predicted molar refractivity (Wildman–Crippen MR) is 112 cm³/mol. The highest BCUT2D eigenvalue weighted by atomic mass is 16.4. The maximum atomic E-state index is 12.4. The lowest BCUT2D eigenvalue weighted by Crippen LogP contribution is -2.58. The van der Waals surface area contributed by atoms with Gasteiger partial charge in [0.05, 0.1) is 12.0 Å². The quantitative estimate of drug-likeness (QED) is 0.642. The molecule has 160 valence electrons. The van der Waals surface area contributed by atoms with Crippen LogP contribution in [0, 0.1) is 52.3 Å². The maximum absolute atomic E-state index is 12.4. The molecule has 2 unspecified atom stereocenters. The van der Waals surface area contributed by atoms with Gasteiger partial charge >= 0.3 is 5.97 Å². The first-order valence-electron chi connectivity index (χ1n) is 12.1. The number of fused-ring (bicyclic) bond motifs is 5. The third kappa shape index (κ3) is 2.97. The van der Waals surface area contributed by atoms with E-state index in [-0.39, 0.29) is 17.4 Å². The van der Waals surface area contributed by atoms with E-state index in [1.807, 2.05) is 0 Å². The molecule has 4 saturated carbocycles. The SMILES string of the molecule is CCC[C@@H](C)[C@H]1CC[C@H]2[C@@H]3C(C(=O)O)CC4C[C@H](O)CC[C@]4(C)[C@H]3CC[C@]12C. The van der Waals surface area contributed by atoms with Gasteiger partial charge in [-0.2, -0.15) is 0 Å². The zero-order valence-electron chi connectivity index (χ0n) is 18.5. The summed E-state index contributed by atoms with van der Waals surface area (Å²) < 4.78 is 0. The molecule has 28 heavy (non-hydrogen) atoms.